The van der Waals surface area contributed by atoms with Gasteiger partial charge in [0.05, 0.1) is 10.7 Å². The maximum absolute atomic E-state index is 12.2. The summed E-state index contributed by atoms with van der Waals surface area (Å²) in [6.07, 6.45) is 4.56. The fourth-order valence-electron chi connectivity index (χ4n) is 2.52. The lowest BCUT2D eigenvalue weighted by molar-refractivity contribution is 0.0958. The number of hydrogen-bond acceptors (Lipinski definition) is 4. The molecule has 3 rings (SSSR count). The van der Waals surface area contributed by atoms with E-state index in [0.29, 0.717) is 29.1 Å². The smallest absolute Gasteiger partial charge is 0.263 e. The van der Waals surface area contributed by atoms with Crippen LogP contribution >= 0.6 is 11.3 Å². The van der Waals surface area contributed by atoms with Crippen molar-refractivity contribution in [1.29, 1.82) is 0 Å². The summed E-state index contributed by atoms with van der Waals surface area (Å²) in [5.41, 5.74) is 8.17. The number of carbonyl (C=O) groups excluding carboxylic acids is 1. The van der Waals surface area contributed by atoms with E-state index in [2.05, 4.69) is 24.5 Å². The maximum Gasteiger partial charge on any atom is 0.263 e. The Kier molecular flexibility index (Phi) is 3.63. The van der Waals surface area contributed by atoms with Crippen molar-refractivity contribution in [2.24, 2.45) is 5.92 Å². The van der Waals surface area contributed by atoms with Crippen molar-refractivity contribution in [2.45, 2.75) is 51.5 Å². The van der Waals surface area contributed by atoms with E-state index in [-0.39, 0.29) is 5.91 Å². The minimum absolute atomic E-state index is 0.0202. The summed E-state index contributed by atoms with van der Waals surface area (Å²) in [6.45, 7) is 5.01. The topological polar surface area (TPSA) is 67.2 Å². The molecule has 2 aliphatic rings. The molecule has 2 saturated carbocycles. The third kappa shape index (κ3) is 2.64. The number of amides is 1. The van der Waals surface area contributed by atoms with Gasteiger partial charge in [-0.2, -0.15) is 0 Å². The van der Waals surface area contributed by atoms with E-state index in [9.17, 15) is 4.79 Å². The molecule has 0 aromatic carbocycles. The molecule has 2 atom stereocenters. The van der Waals surface area contributed by atoms with Crippen LogP contribution in [0.5, 0.6) is 0 Å². The first-order valence-corrected chi connectivity index (χ1v) is 8.40. The van der Waals surface area contributed by atoms with Gasteiger partial charge in [0.1, 0.15) is 4.88 Å². The van der Waals surface area contributed by atoms with Crippen LogP contribution in [0.15, 0.2) is 0 Å². The molecule has 20 heavy (non-hydrogen) atoms. The zero-order valence-corrected chi connectivity index (χ0v) is 13.0. The average Bonchev–Trinajstić information content (AvgIpc) is 3.32. The first kappa shape index (κ1) is 13.7. The molecule has 0 bridgehead atoms. The maximum atomic E-state index is 12.2. The van der Waals surface area contributed by atoms with Crippen LogP contribution in [0.2, 0.25) is 0 Å². The number of thiophene rings is 1. The summed E-state index contributed by atoms with van der Waals surface area (Å²) in [5, 5.41) is 7.66. The van der Waals surface area contributed by atoms with Crippen LogP contribution in [-0.2, 0) is 0 Å². The van der Waals surface area contributed by atoms with Crippen LogP contribution in [0.25, 0.3) is 0 Å². The number of nitrogens with one attached hydrogen (secondary N) is 2. The van der Waals surface area contributed by atoms with E-state index in [0.717, 1.165) is 17.3 Å². The van der Waals surface area contributed by atoms with Crippen molar-refractivity contribution >= 4 is 27.9 Å². The van der Waals surface area contributed by atoms with Gasteiger partial charge in [-0.05, 0) is 37.5 Å². The molecule has 1 aromatic rings. The summed E-state index contributed by atoms with van der Waals surface area (Å²) in [7, 11) is 0. The van der Waals surface area contributed by atoms with Gasteiger partial charge in [-0.3, -0.25) is 4.79 Å². The third-order valence-electron chi connectivity index (χ3n) is 4.14. The van der Waals surface area contributed by atoms with E-state index in [1.807, 2.05) is 0 Å². The van der Waals surface area contributed by atoms with Crippen molar-refractivity contribution in [2.75, 3.05) is 17.6 Å². The fraction of sp³-hybridized carbons (Fsp3) is 0.667. The Morgan fingerprint density at radius 3 is 2.70 bits per heavy atom. The second-order valence-electron chi connectivity index (χ2n) is 6.08. The second kappa shape index (κ2) is 5.28. The standard InChI is InChI=1S/C15H23N3OS/c1-3-6-17-14(19)13-12(16)11(9-4-5-9)15(20-13)18-10-7-8(10)2/h8-10,18H,3-7,16H2,1-2H3,(H,17,19). The molecule has 4 N–H and O–H groups in total. The van der Waals surface area contributed by atoms with Gasteiger partial charge >= 0.3 is 0 Å². The summed E-state index contributed by atoms with van der Waals surface area (Å²) >= 11 is 1.54. The third-order valence-corrected chi connectivity index (χ3v) is 5.29. The molecule has 1 amide bonds. The van der Waals surface area contributed by atoms with Crippen LogP contribution in [-0.4, -0.2) is 18.5 Å². The predicted octanol–water partition coefficient (Wildman–Crippen LogP) is 3.17. The summed E-state index contributed by atoms with van der Waals surface area (Å²) in [6, 6.07) is 0.567. The molecule has 0 radical (unpaired) electrons. The van der Waals surface area contributed by atoms with Gasteiger partial charge in [-0.15, -0.1) is 11.3 Å². The molecule has 0 spiro atoms. The predicted molar refractivity (Wildman–Crippen MR) is 84.5 cm³/mol. The highest BCUT2D eigenvalue weighted by molar-refractivity contribution is 7.18. The lowest BCUT2D eigenvalue weighted by Gasteiger charge is -2.06. The number of carbonyl (C=O) groups is 1. The molecule has 1 heterocycles. The van der Waals surface area contributed by atoms with Crippen molar-refractivity contribution in [3.05, 3.63) is 10.4 Å². The van der Waals surface area contributed by atoms with Crippen LogP contribution in [0, 0.1) is 5.92 Å². The SMILES string of the molecule is CCCNC(=O)c1sc(NC2CC2C)c(C2CC2)c1N. The largest absolute Gasteiger partial charge is 0.397 e. The molecule has 2 fully saturated rings. The van der Waals surface area contributed by atoms with Gasteiger partial charge < -0.3 is 16.4 Å². The lowest BCUT2D eigenvalue weighted by Crippen LogP contribution is -2.23. The van der Waals surface area contributed by atoms with Gasteiger partial charge in [-0.25, -0.2) is 0 Å². The molecular formula is C15H23N3OS. The van der Waals surface area contributed by atoms with Gasteiger partial charge in [0.15, 0.2) is 0 Å². The molecular weight excluding hydrogens is 270 g/mol. The second-order valence-corrected chi connectivity index (χ2v) is 7.10. The highest BCUT2D eigenvalue weighted by Gasteiger charge is 2.37. The van der Waals surface area contributed by atoms with Gasteiger partial charge in [-0.1, -0.05) is 13.8 Å². The molecule has 4 nitrogen and oxygen atoms in total. The first-order valence-electron chi connectivity index (χ1n) is 7.58. The van der Waals surface area contributed by atoms with E-state index < -0.39 is 0 Å². The fourth-order valence-corrected chi connectivity index (χ4v) is 3.71. The molecule has 5 heteroatoms. The van der Waals surface area contributed by atoms with Gasteiger partial charge in [0.2, 0.25) is 0 Å². The monoisotopic (exact) mass is 293 g/mol. The van der Waals surface area contributed by atoms with E-state index in [1.165, 1.54) is 36.2 Å². The quantitative estimate of drug-likeness (QED) is 0.754. The minimum atomic E-state index is -0.0202. The Morgan fingerprint density at radius 1 is 1.45 bits per heavy atom. The van der Waals surface area contributed by atoms with Crippen LogP contribution in [0.3, 0.4) is 0 Å². The average molecular weight is 293 g/mol. The van der Waals surface area contributed by atoms with E-state index in [1.54, 1.807) is 0 Å². The summed E-state index contributed by atoms with van der Waals surface area (Å²) in [4.78, 5) is 12.9. The molecule has 2 unspecified atom stereocenters. The van der Waals surface area contributed by atoms with E-state index in [4.69, 9.17) is 5.73 Å². The number of nitrogen functional groups attached to an aromatic ring is 1. The Labute approximate surface area is 124 Å². The van der Waals surface area contributed by atoms with Gasteiger partial charge in [0.25, 0.3) is 5.91 Å². The Morgan fingerprint density at radius 2 is 2.15 bits per heavy atom. The zero-order valence-electron chi connectivity index (χ0n) is 12.2. The van der Waals surface area contributed by atoms with Crippen LogP contribution in [0.1, 0.15) is 60.7 Å². The Balaban J connectivity index is 1.83. The highest BCUT2D eigenvalue weighted by atomic mass is 32.1. The van der Waals surface area contributed by atoms with Crippen molar-refractivity contribution in [3.63, 3.8) is 0 Å². The zero-order chi connectivity index (χ0) is 14.3. The molecule has 0 aliphatic heterocycles. The van der Waals surface area contributed by atoms with Crippen molar-refractivity contribution < 1.29 is 4.79 Å². The van der Waals surface area contributed by atoms with Crippen molar-refractivity contribution in [3.8, 4) is 0 Å². The first-order chi connectivity index (χ1) is 9.61. The summed E-state index contributed by atoms with van der Waals surface area (Å²) < 4.78 is 0. The lowest BCUT2D eigenvalue weighted by atomic mass is 10.1. The highest BCUT2D eigenvalue weighted by Crippen LogP contribution is 2.52. The van der Waals surface area contributed by atoms with Crippen LogP contribution < -0.4 is 16.4 Å². The molecule has 2 aliphatic carbocycles. The molecule has 110 valence electrons. The molecule has 1 aromatic heterocycles. The minimum Gasteiger partial charge on any atom is -0.397 e. The Hall–Kier alpha value is -1.23. The number of nitrogens with two attached hydrogens (primary N) is 1. The normalized spacial score (nSPS) is 24.5. The van der Waals surface area contributed by atoms with Gasteiger partial charge in [0, 0.05) is 18.2 Å². The molecule has 0 saturated heterocycles. The number of hydrogen-bond donors (Lipinski definition) is 3. The van der Waals surface area contributed by atoms with E-state index >= 15 is 0 Å². The van der Waals surface area contributed by atoms with Crippen LogP contribution in [0.4, 0.5) is 10.7 Å². The van der Waals surface area contributed by atoms with Crippen molar-refractivity contribution in [1.82, 2.24) is 5.32 Å². The Bertz CT molecular complexity index is 521. The number of rotatable bonds is 6. The summed E-state index contributed by atoms with van der Waals surface area (Å²) in [5.74, 6) is 1.28. The number of anilines is 2.